The van der Waals surface area contributed by atoms with Crippen LogP contribution in [0.5, 0.6) is 5.75 Å². The molecule has 0 saturated carbocycles. The third-order valence-electron chi connectivity index (χ3n) is 3.91. The lowest BCUT2D eigenvalue weighted by Crippen LogP contribution is -2.23. The van der Waals surface area contributed by atoms with E-state index in [0.717, 1.165) is 18.7 Å². The van der Waals surface area contributed by atoms with Crippen LogP contribution in [0.4, 0.5) is 11.4 Å². The second kappa shape index (κ2) is 7.05. The summed E-state index contributed by atoms with van der Waals surface area (Å²) < 4.78 is 5.85. The normalized spacial score (nSPS) is 13.9. The van der Waals surface area contributed by atoms with Crippen molar-refractivity contribution in [1.82, 2.24) is 0 Å². The van der Waals surface area contributed by atoms with Crippen molar-refractivity contribution in [1.29, 1.82) is 0 Å². The van der Waals surface area contributed by atoms with Crippen LogP contribution in [-0.4, -0.2) is 25.5 Å². The molecule has 1 saturated heterocycles. The number of carbonyl (C=O) groups excluding carboxylic acids is 2. The van der Waals surface area contributed by atoms with E-state index in [4.69, 9.17) is 4.74 Å². The van der Waals surface area contributed by atoms with Gasteiger partial charge in [-0.2, -0.15) is 0 Å². The molecule has 3 rings (SSSR count). The number of halogens is 1. The maximum atomic E-state index is 12.5. The Bertz CT molecular complexity index is 792. The molecule has 0 radical (unpaired) electrons. The van der Waals surface area contributed by atoms with Crippen molar-refractivity contribution in [3.63, 3.8) is 0 Å². The third kappa shape index (κ3) is 3.43. The maximum Gasteiger partial charge on any atom is 0.256 e. The van der Waals surface area contributed by atoms with E-state index in [-0.39, 0.29) is 11.8 Å². The average Bonchev–Trinajstić information content (AvgIpc) is 3.01. The highest BCUT2D eigenvalue weighted by Crippen LogP contribution is 2.26. The van der Waals surface area contributed by atoms with E-state index in [1.807, 2.05) is 18.2 Å². The zero-order valence-corrected chi connectivity index (χ0v) is 14.8. The van der Waals surface area contributed by atoms with E-state index in [0.29, 0.717) is 27.9 Å². The molecule has 0 unspecified atom stereocenters. The largest absolute Gasteiger partial charge is 0.497 e. The van der Waals surface area contributed by atoms with Crippen LogP contribution in [0.1, 0.15) is 23.2 Å². The van der Waals surface area contributed by atoms with Crippen LogP contribution >= 0.6 is 15.9 Å². The predicted octanol–water partition coefficient (Wildman–Crippen LogP) is 3.84. The number of anilines is 2. The summed E-state index contributed by atoms with van der Waals surface area (Å²) in [5, 5.41) is 2.87. The quantitative estimate of drug-likeness (QED) is 0.865. The molecule has 2 aromatic rings. The molecule has 1 aliphatic rings. The molecule has 1 aliphatic heterocycles. The molecule has 2 aromatic carbocycles. The number of amides is 2. The van der Waals surface area contributed by atoms with Crippen LogP contribution < -0.4 is 15.0 Å². The van der Waals surface area contributed by atoms with Gasteiger partial charge in [0.15, 0.2) is 0 Å². The van der Waals surface area contributed by atoms with Gasteiger partial charge in [0.1, 0.15) is 5.75 Å². The van der Waals surface area contributed by atoms with Gasteiger partial charge in [-0.1, -0.05) is 6.07 Å². The summed E-state index contributed by atoms with van der Waals surface area (Å²) in [6.07, 6.45) is 1.44. The fourth-order valence-corrected chi connectivity index (χ4v) is 3.10. The van der Waals surface area contributed by atoms with Crippen molar-refractivity contribution >= 4 is 39.1 Å². The van der Waals surface area contributed by atoms with Gasteiger partial charge in [-0.3, -0.25) is 9.59 Å². The summed E-state index contributed by atoms with van der Waals surface area (Å²) in [5.41, 5.74) is 1.93. The van der Waals surface area contributed by atoms with Gasteiger partial charge >= 0.3 is 0 Å². The van der Waals surface area contributed by atoms with Gasteiger partial charge in [0.2, 0.25) is 5.91 Å². The van der Waals surface area contributed by atoms with E-state index in [1.54, 1.807) is 36.3 Å². The molecule has 6 heteroatoms. The fraction of sp³-hybridized carbons (Fsp3) is 0.222. The number of nitrogens with one attached hydrogen (secondary N) is 1. The van der Waals surface area contributed by atoms with Crippen LogP contribution in [0.3, 0.4) is 0 Å². The predicted molar refractivity (Wildman–Crippen MR) is 96.7 cm³/mol. The molecule has 0 spiro atoms. The Morgan fingerprint density at radius 2 is 2.08 bits per heavy atom. The van der Waals surface area contributed by atoms with Crippen LogP contribution in [-0.2, 0) is 4.79 Å². The van der Waals surface area contributed by atoms with Gasteiger partial charge in [0.25, 0.3) is 5.91 Å². The van der Waals surface area contributed by atoms with Crippen LogP contribution in [0.15, 0.2) is 46.9 Å². The molecule has 0 aromatic heterocycles. The Balaban J connectivity index is 1.81. The number of carbonyl (C=O) groups is 2. The van der Waals surface area contributed by atoms with Gasteiger partial charge in [0.05, 0.1) is 12.7 Å². The minimum atomic E-state index is -0.245. The summed E-state index contributed by atoms with van der Waals surface area (Å²) in [6, 6.07) is 12.5. The Hall–Kier alpha value is -2.34. The van der Waals surface area contributed by atoms with Gasteiger partial charge in [-0.25, -0.2) is 0 Å². The first-order valence-corrected chi connectivity index (χ1v) is 8.43. The average molecular weight is 389 g/mol. The Kier molecular flexibility index (Phi) is 4.85. The molecule has 0 bridgehead atoms. The van der Waals surface area contributed by atoms with Crippen LogP contribution in [0.25, 0.3) is 0 Å². The minimum absolute atomic E-state index is 0.119. The molecule has 0 aliphatic carbocycles. The van der Waals surface area contributed by atoms with Crippen molar-refractivity contribution in [3.8, 4) is 5.75 Å². The van der Waals surface area contributed by atoms with E-state index in [1.165, 1.54) is 0 Å². The summed E-state index contributed by atoms with van der Waals surface area (Å²) in [4.78, 5) is 26.1. The third-order valence-corrected chi connectivity index (χ3v) is 4.60. The summed E-state index contributed by atoms with van der Waals surface area (Å²) in [5.74, 6) is 0.486. The molecule has 2 amide bonds. The van der Waals surface area contributed by atoms with Gasteiger partial charge in [-0.05, 0) is 58.7 Å². The highest BCUT2D eigenvalue weighted by Gasteiger charge is 2.22. The first-order chi connectivity index (χ1) is 11.6. The van der Waals surface area contributed by atoms with Crippen molar-refractivity contribution in [3.05, 3.63) is 52.5 Å². The second-order valence-corrected chi connectivity index (χ2v) is 6.35. The van der Waals surface area contributed by atoms with Crippen molar-refractivity contribution < 1.29 is 14.3 Å². The zero-order valence-electron chi connectivity index (χ0n) is 13.2. The van der Waals surface area contributed by atoms with Crippen molar-refractivity contribution in [2.45, 2.75) is 12.8 Å². The topological polar surface area (TPSA) is 58.6 Å². The first-order valence-electron chi connectivity index (χ1n) is 7.64. The SMILES string of the molecule is COc1ccc(Br)c(C(=O)Nc2cccc(N3CCCC3=O)c2)c1. The van der Waals surface area contributed by atoms with Gasteiger partial charge in [0, 0.05) is 28.8 Å². The number of nitrogens with zero attached hydrogens (tertiary/aromatic N) is 1. The second-order valence-electron chi connectivity index (χ2n) is 5.50. The fourth-order valence-electron chi connectivity index (χ4n) is 2.68. The first kappa shape index (κ1) is 16.5. The lowest BCUT2D eigenvalue weighted by Gasteiger charge is -2.17. The highest BCUT2D eigenvalue weighted by molar-refractivity contribution is 9.10. The lowest BCUT2D eigenvalue weighted by atomic mass is 10.2. The van der Waals surface area contributed by atoms with Crippen molar-refractivity contribution in [2.75, 3.05) is 23.9 Å². The molecule has 1 fully saturated rings. The van der Waals surface area contributed by atoms with Gasteiger partial charge in [-0.15, -0.1) is 0 Å². The molecule has 124 valence electrons. The molecule has 24 heavy (non-hydrogen) atoms. The molecule has 0 atom stereocenters. The molecule has 1 heterocycles. The number of benzene rings is 2. The Labute approximate surface area is 148 Å². The van der Waals surface area contributed by atoms with E-state index < -0.39 is 0 Å². The zero-order chi connectivity index (χ0) is 17.1. The van der Waals surface area contributed by atoms with Gasteiger partial charge < -0.3 is 15.0 Å². The monoisotopic (exact) mass is 388 g/mol. The standard InChI is InChI=1S/C18H17BrN2O3/c1-24-14-7-8-16(19)15(11-14)18(23)20-12-4-2-5-13(10-12)21-9-3-6-17(21)22/h2,4-5,7-8,10-11H,3,6,9H2,1H3,(H,20,23). The van der Waals surface area contributed by atoms with E-state index in [2.05, 4.69) is 21.2 Å². The Morgan fingerprint density at radius 3 is 2.79 bits per heavy atom. The van der Waals surface area contributed by atoms with E-state index in [9.17, 15) is 9.59 Å². The maximum absolute atomic E-state index is 12.5. The summed E-state index contributed by atoms with van der Waals surface area (Å²) in [7, 11) is 1.56. The Morgan fingerprint density at radius 1 is 1.25 bits per heavy atom. The number of ether oxygens (including phenoxy) is 1. The molecular formula is C18H17BrN2O3. The van der Waals surface area contributed by atoms with E-state index >= 15 is 0 Å². The number of rotatable bonds is 4. The lowest BCUT2D eigenvalue weighted by molar-refractivity contribution is -0.117. The summed E-state index contributed by atoms with van der Waals surface area (Å²) in [6.45, 7) is 0.720. The van der Waals surface area contributed by atoms with Crippen LogP contribution in [0.2, 0.25) is 0 Å². The molecule has 5 nitrogen and oxygen atoms in total. The number of methoxy groups -OCH3 is 1. The number of hydrogen-bond acceptors (Lipinski definition) is 3. The molecular weight excluding hydrogens is 372 g/mol. The summed E-state index contributed by atoms with van der Waals surface area (Å²) >= 11 is 3.38. The smallest absolute Gasteiger partial charge is 0.256 e. The van der Waals surface area contributed by atoms with Crippen LogP contribution in [0, 0.1) is 0 Å². The van der Waals surface area contributed by atoms with Crippen molar-refractivity contribution in [2.24, 2.45) is 0 Å². The number of hydrogen-bond donors (Lipinski definition) is 1. The highest BCUT2D eigenvalue weighted by atomic mass is 79.9. The minimum Gasteiger partial charge on any atom is -0.497 e. The molecule has 1 N–H and O–H groups in total.